The average molecular weight is 390 g/mol. The molecule has 1 heterocycles. The topological polar surface area (TPSA) is 76.1 Å². The number of pyridine rings is 1. The van der Waals surface area contributed by atoms with Crippen molar-refractivity contribution >= 4 is 49.0 Å². The normalized spacial score (nSPS) is 11.2. The molecule has 0 spiro atoms. The number of hydrogen-bond donors (Lipinski definition) is 1. The second-order valence-electron chi connectivity index (χ2n) is 4.25. The zero-order chi connectivity index (χ0) is 15.6. The van der Waals surface area contributed by atoms with Crippen molar-refractivity contribution in [2.75, 3.05) is 11.6 Å². The fourth-order valence-corrected chi connectivity index (χ4v) is 2.72. The van der Waals surface area contributed by atoms with Gasteiger partial charge in [-0.2, -0.15) is 0 Å². The summed E-state index contributed by atoms with van der Waals surface area (Å²) < 4.78 is 23.7. The average Bonchev–Trinajstić information content (AvgIpc) is 2.42. The molecule has 1 aromatic carbocycles. The van der Waals surface area contributed by atoms with Crippen LogP contribution in [0, 0.1) is 0 Å². The molecule has 0 fully saturated rings. The Bertz CT molecular complexity index is 809. The maximum absolute atomic E-state index is 12.1. The van der Waals surface area contributed by atoms with Crippen molar-refractivity contribution in [3.8, 4) is 0 Å². The van der Waals surface area contributed by atoms with Gasteiger partial charge in [0.05, 0.1) is 10.6 Å². The van der Waals surface area contributed by atoms with Crippen molar-refractivity contribution in [1.82, 2.24) is 4.98 Å². The second-order valence-corrected chi connectivity index (χ2v) is 7.54. The molecule has 0 saturated carbocycles. The number of amides is 1. The van der Waals surface area contributed by atoms with E-state index in [9.17, 15) is 13.2 Å². The first kappa shape index (κ1) is 15.9. The molecule has 0 atom stereocenters. The Morgan fingerprint density at radius 1 is 1.33 bits per heavy atom. The Balaban J connectivity index is 2.31. The summed E-state index contributed by atoms with van der Waals surface area (Å²) in [4.78, 5) is 16.1. The van der Waals surface area contributed by atoms with Crippen LogP contribution in [0.5, 0.6) is 0 Å². The maximum atomic E-state index is 12.1. The van der Waals surface area contributed by atoms with Crippen LogP contribution >= 0.6 is 27.5 Å². The molecule has 0 aliphatic heterocycles. The number of carbonyl (C=O) groups excluding carboxylic acids is 1. The van der Waals surface area contributed by atoms with E-state index in [1.54, 1.807) is 6.07 Å². The van der Waals surface area contributed by atoms with E-state index in [-0.39, 0.29) is 15.6 Å². The molecule has 0 bridgehead atoms. The molecule has 0 radical (unpaired) electrons. The van der Waals surface area contributed by atoms with Crippen LogP contribution in [0.3, 0.4) is 0 Å². The van der Waals surface area contributed by atoms with Gasteiger partial charge in [0.15, 0.2) is 15.0 Å². The predicted molar refractivity (Wildman–Crippen MR) is 84.5 cm³/mol. The van der Waals surface area contributed by atoms with Gasteiger partial charge in [-0.05, 0) is 40.2 Å². The van der Waals surface area contributed by atoms with Gasteiger partial charge >= 0.3 is 0 Å². The summed E-state index contributed by atoms with van der Waals surface area (Å²) in [5.74, 6) is -0.470. The highest BCUT2D eigenvalue weighted by molar-refractivity contribution is 9.10. The third-order valence-electron chi connectivity index (χ3n) is 2.58. The van der Waals surface area contributed by atoms with Crippen LogP contribution in [-0.4, -0.2) is 25.6 Å². The number of hydrogen-bond acceptors (Lipinski definition) is 4. The van der Waals surface area contributed by atoms with Crippen LogP contribution in [0.4, 0.5) is 5.69 Å². The number of aromatic nitrogens is 1. The van der Waals surface area contributed by atoms with Gasteiger partial charge in [-0.1, -0.05) is 17.7 Å². The van der Waals surface area contributed by atoms with Gasteiger partial charge < -0.3 is 5.32 Å². The minimum atomic E-state index is -3.37. The highest BCUT2D eigenvalue weighted by Gasteiger charge is 2.13. The molecule has 1 amide bonds. The lowest BCUT2D eigenvalue weighted by atomic mass is 10.2. The summed E-state index contributed by atoms with van der Waals surface area (Å²) in [6.45, 7) is 0. The monoisotopic (exact) mass is 388 g/mol. The summed E-state index contributed by atoms with van der Waals surface area (Å²) >= 11 is 9.12. The summed E-state index contributed by atoms with van der Waals surface area (Å²) in [6, 6.07) is 7.37. The highest BCUT2D eigenvalue weighted by atomic mass is 79.9. The summed E-state index contributed by atoms with van der Waals surface area (Å²) in [5.41, 5.74) is 0.551. The van der Waals surface area contributed by atoms with Gasteiger partial charge in [0.2, 0.25) is 0 Å². The lowest BCUT2D eigenvalue weighted by Crippen LogP contribution is -2.13. The van der Waals surface area contributed by atoms with Crippen molar-refractivity contribution < 1.29 is 13.2 Å². The highest BCUT2D eigenvalue weighted by Crippen LogP contribution is 2.23. The molecule has 5 nitrogen and oxygen atoms in total. The SMILES string of the molecule is CS(=O)(=O)c1cccc(C(=O)Nc2cc(Br)cnc2Cl)c1. The molecule has 0 unspecified atom stereocenters. The van der Waals surface area contributed by atoms with Crippen molar-refractivity contribution in [3.63, 3.8) is 0 Å². The largest absolute Gasteiger partial charge is 0.319 e. The van der Waals surface area contributed by atoms with Gasteiger partial charge in [0, 0.05) is 22.5 Å². The van der Waals surface area contributed by atoms with E-state index >= 15 is 0 Å². The van der Waals surface area contributed by atoms with Crippen LogP contribution in [-0.2, 0) is 9.84 Å². The van der Waals surface area contributed by atoms with Crippen LogP contribution < -0.4 is 5.32 Å². The van der Waals surface area contributed by atoms with Gasteiger partial charge in [-0.15, -0.1) is 0 Å². The Hall–Kier alpha value is -1.44. The van der Waals surface area contributed by atoms with Crippen LogP contribution in [0.15, 0.2) is 45.9 Å². The van der Waals surface area contributed by atoms with E-state index in [0.29, 0.717) is 10.2 Å². The van der Waals surface area contributed by atoms with E-state index in [2.05, 4.69) is 26.2 Å². The van der Waals surface area contributed by atoms with Gasteiger partial charge in [-0.25, -0.2) is 13.4 Å². The molecule has 1 aromatic heterocycles. The number of carbonyl (C=O) groups is 1. The van der Waals surface area contributed by atoms with Crippen molar-refractivity contribution in [1.29, 1.82) is 0 Å². The zero-order valence-electron chi connectivity index (χ0n) is 10.8. The molecule has 8 heteroatoms. The standard InChI is InChI=1S/C13H10BrClN2O3S/c1-21(19,20)10-4-2-3-8(5-10)13(18)17-11-6-9(14)7-16-12(11)15/h2-7H,1H3,(H,17,18). The van der Waals surface area contributed by atoms with Crippen LogP contribution in [0.2, 0.25) is 5.15 Å². The maximum Gasteiger partial charge on any atom is 0.255 e. The number of anilines is 1. The smallest absolute Gasteiger partial charge is 0.255 e. The molecule has 21 heavy (non-hydrogen) atoms. The van der Waals surface area contributed by atoms with E-state index < -0.39 is 15.7 Å². The molecule has 2 aromatic rings. The quantitative estimate of drug-likeness (QED) is 0.818. The lowest BCUT2D eigenvalue weighted by molar-refractivity contribution is 0.102. The van der Waals surface area contributed by atoms with Crippen molar-refractivity contribution in [2.24, 2.45) is 0 Å². The number of sulfone groups is 1. The van der Waals surface area contributed by atoms with Crippen LogP contribution in [0.25, 0.3) is 0 Å². The van der Waals surface area contributed by atoms with E-state index in [0.717, 1.165) is 6.26 Å². The first-order valence-corrected chi connectivity index (χ1v) is 8.76. The Morgan fingerprint density at radius 2 is 2.05 bits per heavy atom. The van der Waals surface area contributed by atoms with E-state index in [1.807, 2.05) is 0 Å². The molecule has 0 saturated heterocycles. The third-order valence-corrected chi connectivity index (χ3v) is 4.42. The Morgan fingerprint density at radius 3 is 2.71 bits per heavy atom. The second kappa shape index (κ2) is 6.13. The molecular formula is C13H10BrClN2O3S. The number of nitrogens with zero attached hydrogens (tertiary/aromatic N) is 1. The summed E-state index contributed by atoms with van der Waals surface area (Å²) in [5, 5.41) is 2.73. The number of nitrogens with one attached hydrogen (secondary N) is 1. The minimum absolute atomic E-state index is 0.0774. The minimum Gasteiger partial charge on any atom is -0.319 e. The van der Waals surface area contributed by atoms with Crippen molar-refractivity contribution in [2.45, 2.75) is 4.90 Å². The number of halogens is 2. The zero-order valence-corrected chi connectivity index (χ0v) is 14.0. The fourth-order valence-electron chi connectivity index (χ4n) is 1.57. The van der Waals surface area contributed by atoms with Gasteiger partial charge in [-0.3, -0.25) is 4.79 Å². The molecule has 2 rings (SSSR count). The first-order chi connectivity index (χ1) is 9.77. The van der Waals surface area contributed by atoms with E-state index in [1.165, 1.54) is 30.5 Å². The summed E-state index contributed by atoms with van der Waals surface area (Å²) in [6.07, 6.45) is 2.58. The molecule has 0 aliphatic rings. The van der Waals surface area contributed by atoms with E-state index in [4.69, 9.17) is 11.6 Å². The molecule has 0 aliphatic carbocycles. The Labute approximate surface area is 135 Å². The lowest BCUT2D eigenvalue weighted by Gasteiger charge is -2.08. The number of rotatable bonds is 3. The first-order valence-electron chi connectivity index (χ1n) is 5.70. The predicted octanol–water partition coefficient (Wildman–Crippen LogP) is 3.15. The molecular weight excluding hydrogens is 380 g/mol. The van der Waals surface area contributed by atoms with Crippen molar-refractivity contribution in [3.05, 3.63) is 51.7 Å². The Kier molecular flexibility index (Phi) is 4.65. The third kappa shape index (κ3) is 4.03. The van der Waals surface area contributed by atoms with Crippen LogP contribution in [0.1, 0.15) is 10.4 Å². The van der Waals surface area contributed by atoms with Gasteiger partial charge in [0.1, 0.15) is 0 Å². The number of benzene rings is 1. The summed E-state index contributed by atoms with van der Waals surface area (Å²) in [7, 11) is -3.37. The fraction of sp³-hybridized carbons (Fsp3) is 0.0769. The molecule has 110 valence electrons. The molecule has 1 N–H and O–H groups in total. The van der Waals surface area contributed by atoms with Gasteiger partial charge in [0.25, 0.3) is 5.91 Å².